The lowest BCUT2D eigenvalue weighted by atomic mass is 10.0. The number of carbonyl (C=O) groups is 2. The number of halogens is 2. The fraction of sp³-hybridized carbons (Fsp3) is 0.304. The number of rotatable bonds is 6. The van der Waals surface area contributed by atoms with Gasteiger partial charge in [-0.1, -0.05) is 41.8 Å². The lowest BCUT2D eigenvalue weighted by Crippen LogP contribution is -2.41. The number of benzene rings is 2. The van der Waals surface area contributed by atoms with Crippen LogP contribution in [0.5, 0.6) is 5.75 Å². The van der Waals surface area contributed by atoms with Gasteiger partial charge >= 0.3 is 0 Å². The second kappa shape index (κ2) is 9.87. The number of nitrogens with two attached hydrogens (primary N) is 1. The van der Waals surface area contributed by atoms with Crippen molar-refractivity contribution in [3.05, 3.63) is 57.1 Å². The van der Waals surface area contributed by atoms with E-state index in [1.54, 1.807) is 12.1 Å². The van der Waals surface area contributed by atoms with Crippen LogP contribution in [0.25, 0.3) is 10.1 Å². The molecule has 1 aromatic heterocycles. The summed E-state index contributed by atoms with van der Waals surface area (Å²) in [5.74, 6) is -1.45. The molecule has 2 aromatic carbocycles. The van der Waals surface area contributed by atoms with Crippen molar-refractivity contribution in [2.45, 2.75) is 31.8 Å². The first-order valence-electron chi connectivity index (χ1n) is 10.5. The number of piperidine rings is 1. The number of thiophene rings is 1. The summed E-state index contributed by atoms with van der Waals surface area (Å²) in [6, 6.07) is 8.77. The Labute approximate surface area is 204 Å². The molecular weight excluding hydrogens is 485 g/mol. The van der Waals surface area contributed by atoms with E-state index in [4.69, 9.17) is 28.9 Å². The SMILES string of the molecule is NC(=O)c1c(NC(=O)c2ccc(CN3CCCCC3CO)cc2)sc2c(Cl)c(O)c(Cl)cc12. The third-order valence-electron chi connectivity index (χ3n) is 5.88. The van der Waals surface area contributed by atoms with Gasteiger partial charge in [-0.25, -0.2) is 0 Å². The van der Waals surface area contributed by atoms with E-state index < -0.39 is 11.8 Å². The number of likely N-dealkylation sites (tertiary alicyclic amines) is 1. The number of nitrogens with zero attached hydrogens (tertiary/aromatic N) is 1. The molecule has 0 spiro atoms. The largest absolute Gasteiger partial charge is 0.505 e. The summed E-state index contributed by atoms with van der Waals surface area (Å²) < 4.78 is 0.401. The summed E-state index contributed by atoms with van der Waals surface area (Å²) in [5.41, 5.74) is 7.10. The number of phenolic OH excluding ortho intramolecular Hbond substituents is 1. The second-order valence-electron chi connectivity index (χ2n) is 8.02. The standard InChI is InChI=1S/C23H23Cl2N3O4S/c24-16-9-15-17(21(26)31)23(33-20(15)18(25)19(16)30)27-22(32)13-6-4-12(5-7-13)10-28-8-2-1-3-14(28)11-29/h4-7,9,14,29-30H,1-3,8,10-11H2,(H2,26,31)(H,27,32). The average molecular weight is 508 g/mol. The minimum atomic E-state index is -0.746. The third-order valence-corrected chi connectivity index (χ3v) is 7.79. The summed E-state index contributed by atoms with van der Waals surface area (Å²) in [6.45, 7) is 1.79. The first-order chi connectivity index (χ1) is 15.8. The van der Waals surface area contributed by atoms with Crippen LogP contribution in [-0.4, -0.2) is 46.1 Å². The maximum Gasteiger partial charge on any atom is 0.256 e. The molecule has 1 saturated heterocycles. The first-order valence-corrected chi connectivity index (χ1v) is 12.1. The van der Waals surface area contributed by atoms with Gasteiger partial charge < -0.3 is 21.3 Å². The molecule has 0 radical (unpaired) electrons. The maximum absolute atomic E-state index is 12.9. The maximum atomic E-state index is 12.9. The number of primary amides is 1. The Morgan fingerprint density at radius 3 is 2.61 bits per heavy atom. The highest BCUT2D eigenvalue weighted by Gasteiger charge is 2.24. The quantitative estimate of drug-likeness (QED) is 0.388. The van der Waals surface area contributed by atoms with Gasteiger partial charge in [0.15, 0.2) is 5.75 Å². The number of anilines is 1. The Hall–Kier alpha value is -2.36. The van der Waals surface area contributed by atoms with E-state index >= 15 is 0 Å². The number of hydrogen-bond donors (Lipinski definition) is 4. The van der Waals surface area contributed by atoms with Crippen LogP contribution in [0.4, 0.5) is 5.00 Å². The monoisotopic (exact) mass is 507 g/mol. The van der Waals surface area contributed by atoms with Gasteiger partial charge in [0.25, 0.3) is 11.8 Å². The van der Waals surface area contributed by atoms with E-state index in [0.29, 0.717) is 22.2 Å². The molecule has 0 aliphatic carbocycles. The summed E-state index contributed by atoms with van der Waals surface area (Å²) in [5, 5.41) is 22.9. The lowest BCUT2D eigenvalue weighted by Gasteiger charge is -2.34. The molecule has 5 N–H and O–H groups in total. The van der Waals surface area contributed by atoms with Crippen LogP contribution in [0.2, 0.25) is 10.0 Å². The molecule has 33 heavy (non-hydrogen) atoms. The average Bonchev–Trinajstić information content (AvgIpc) is 3.16. The van der Waals surface area contributed by atoms with Crippen LogP contribution in [-0.2, 0) is 6.54 Å². The van der Waals surface area contributed by atoms with Gasteiger partial charge in [-0.3, -0.25) is 14.5 Å². The van der Waals surface area contributed by atoms with Gasteiger partial charge in [0.05, 0.1) is 21.9 Å². The fourth-order valence-corrected chi connectivity index (χ4v) is 5.82. The zero-order valence-electron chi connectivity index (χ0n) is 17.6. The number of carbonyl (C=O) groups excluding carboxylic acids is 2. The number of nitrogens with one attached hydrogen (secondary N) is 1. The molecule has 1 unspecified atom stereocenters. The van der Waals surface area contributed by atoms with Gasteiger partial charge in [0.1, 0.15) is 10.0 Å². The molecule has 1 atom stereocenters. The third kappa shape index (κ3) is 4.81. The molecule has 1 aliphatic heterocycles. The van der Waals surface area contributed by atoms with Crippen molar-refractivity contribution in [1.82, 2.24) is 4.90 Å². The van der Waals surface area contributed by atoms with E-state index in [1.165, 1.54) is 6.07 Å². The van der Waals surface area contributed by atoms with Crippen molar-refractivity contribution in [3.63, 3.8) is 0 Å². The molecule has 174 valence electrons. The molecule has 7 nitrogen and oxygen atoms in total. The summed E-state index contributed by atoms with van der Waals surface area (Å²) in [4.78, 5) is 27.3. The fourth-order valence-electron chi connectivity index (χ4n) is 4.13. The molecule has 1 fully saturated rings. The number of hydrogen-bond acceptors (Lipinski definition) is 6. The van der Waals surface area contributed by atoms with E-state index in [0.717, 1.165) is 42.7 Å². The van der Waals surface area contributed by atoms with Crippen LogP contribution >= 0.6 is 34.5 Å². The Balaban J connectivity index is 1.55. The van der Waals surface area contributed by atoms with E-state index in [1.807, 2.05) is 12.1 Å². The molecule has 1 aliphatic rings. The van der Waals surface area contributed by atoms with Crippen molar-refractivity contribution in [3.8, 4) is 5.75 Å². The number of fused-ring (bicyclic) bond motifs is 1. The molecular formula is C23H23Cl2N3O4S. The van der Waals surface area contributed by atoms with E-state index in [2.05, 4.69) is 10.2 Å². The first kappa shape index (κ1) is 23.8. The molecule has 0 saturated carbocycles. The van der Waals surface area contributed by atoms with Gasteiger partial charge in [0, 0.05) is 23.5 Å². The molecule has 0 bridgehead atoms. The summed E-state index contributed by atoms with van der Waals surface area (Å²) >= 11 is 13.2. The normalized spacial score (nSPS) is 16.8. The van der Waals surface area contributed by atoms with Gasteiger partial charge in [-0.2, -0.15) is 0 Å². The van der Waals surface area contributed by atoms with Crippen LogP contribution in [0.1, 0.15) is 45.5 Å². The van der Waals surface area contributed by atoms with Crippen molar-refractivity contribution in [2.24, 2.45) is 5.73 Å². The minimum Gasteiger partial charge on any atom is -0.505 e. The highest BCUT2D eigenvalue weighted by atomic mass is 35.5. The smallest absolute Gasteiger partial charge is 0.256 e. The van der Waals surface area contributed by atoms with Crippen molar-refractivity contribution in [2.75, 3.05) is 18.5 Å². The van der Waals surface area contributed by atoms with Crippen molar-refractivity contribution in [1.29, 1.82) is 0 Å². The van der Waals surface area contributed by atoms with Gasteiger partial charge in [-0.05, 0) is 43.1 Å². The zero-order chi connectivity index (χ0) is 23.7. The Morgan fingerprint density at radius 1 is 1.21 bits per heavy atom. The van der Waals surface area contributed by atoms with Crippen LogP contribution < -0.4 is 11.1 Å². The minimum absolute atomic E-state index is 0.00579. The van der Waals surface area contributed by atoms with Crippen molar-refractivity contribution < 1.29 is 19.8 Å². The van der Waals surface area contributed by atoms with Gasteiger partial charge in [-0.15, -0.1) is 11.3 Å². The Morgan fingerprint density at radius 2 is 1.94 bits per heavy atom. The number of aromatic hydroxyl groups is 1. The van der Waals surface area contributed by atoms with Crippen LogP contribution in [0.3, 0.4) is 0 Å². The zero-order valence-corrected chi connectivity index (χ0v) is 19.9. The van der Waals surface area contributed by atoms with Crippen LogP contribution in [0, 0.1) is 0 Å². The molecule has 10 heteroatoms. The predicted octanol–water partition coefficient (Wildman–Crippen LogP) is 4.61. The number of aliphatic hydroxyl groups excluding tert-OH is 1. The Kier molecular flexibility index (Phi) is 7.11. The highest BCUT2D eigenvalue weighted by Crippen LogP contribution is 2.46. The number of phenols is 1. The lowest BCUT2D eigenvalue weighted by molar-refractivity contribution is 0.0841. The topological polar surface area (TPSA) is 116 Å². The van der Waals surface area contributed by atoms with Crippen LogP contribution in [0.15, 0.2) is 30.3 Å². The van der Waals surface area contributed by atoms with Crippen molar-refractivity contribution >= 4 is 61.4 Å². The molecule has 4 rings (SSSR count). The highest BCUT2D eigenvalue weighted by molar-refractivity contribution is 7.24. The summed E-state index contributed by atoms with van der Waals surface area (Å²) in [7, 11) is 0. The summed E-state index contributed by atoms with van der Waals surface area (Å²) in [6.07, 6.45) is 3.23. The van der Waals surface area contributed by atoms with Gasteiger partial charge in [0.2, 0.25) is 0 Å². The van der Waals surface area contributed by atoms with E-state index in [-0.39, 0.29) is 39.0 Å². The number of aliphatic hydroxyl groups is 1. The predicted molar refractivity (Wildman–Crippen MR) is 132 cm³/mol. The number of amides is 2. The van der Waals surface area contributed by atoms with E-state index in [9.17, 15) is 19.8 Å². The molecule has 2 amide bonds. The molecule has 3 aromatic rings. The second-order valence-corrected chi connectivity index (χ2v) is 9.83. The molecule has 2 heterocycles. The Bertz CT molecular complexity index is 1210.